The maximum Gasteiger partial charge on any atom is 0.267 e. The first-order valence-electron chi connectivity index (χ1n) is 12.5. The molecule has 3 N–H and O–H groups in total. The number of rotatable bonds is 5. The van der Waals surface area contributed by atoms with Gasteiger partial charge in [-0.05, 0) is 47.9 Å². The van der Waals surface area contributed by atoms with Crippen molar-refractivity contribution in [1.29, 1.82) is 0 Å². The first kappa shape index (κ1) is 24.9. The minimum atomic E-state index is -0.266. The summed E-state index contributed by atoms with van der Waals surface area (Å²) in [6.45, 7) is 2.06. The molecule has 1 amide bonds. The van der Waals surface area contributed by atoms with Crippen molar-refractivity contribution >= 4 is 50.4 Å². The van der Waals surface area contributed by atoms with Gasteiger partial charge in [0.05, 0.1) is 11.4 Å². The number of benzene rings is 4. The van der Waals surface area contributed by atoms with Crippen LogP contribution in [-0.4, -0.2) is 10.9 Å². The van der Waals surface area contributed by atoms with Gasteiger partial charge in [0.1, 0.15) is 9.71 Å². The highest BCUT2D eigenvalue weighted by Crippen LogP contribution is 2.42. The number of nitrogen functional groups attached to an aromatic ring is 1. The van der Waals surface area contributed by atoms with Crippen molar-refractivity contribution < 1.29 is 4.79 Å². The summed E-state index contributed by atoms with van der Waals surface area (Å²) in [5.74, 6) is -0.266. The van der Waals surface area contributed by atoms with Gasteiger partial charge >= 0.3 is 0 Å². The lowest BCUT2D eigenvalue weighted by molar-refractivity contribution is 0.103. The van der Waals surface area contributed by atoms with Crippen molar-refractivity contribution in [1.82, 2.24) is 4.98 Å². The fourth-order valence-electron chi connectivity index (χ4n) is 4.66. The lowest BCUT2D eigenvalue weighted by atomic mass is 9.99. The first-order chi connectivity index (χ1) is 19.0. The van der Waals surface area contributed by atoms with Gasteiger partial charge in [-0.3, -0.25) is 4.79 Å². The fourth-order valence-corrected chi connectivity index (χ4v) is 5.80. The van der Waals surface area contributed by atoms with E-state index in [2.05, 4.69) is 36.5 Å². The van der Waals surface area contributed by atoms with Crippen molar-refractivity contribution in [2.24, 2.45) is 0 Å². The third-order valence-electron chi connectivity index (χ3n) is 6.67. The lowest BCUT2D eigenvalue weighted by Crippen LogP contribution is -2.12. The molecule has 4 aromatic carbocycles. The molecule has 0 spiro atoms. The second kappa shape index (κ2) is 10.4. The van der Waals surface area contributed by atoms with Crippen molar-refractivity contribution in [3.63, 3.8) is 0 Å². The molecule has 190 valence electrons. The summed E-state index contributed by atoms with van der Waals surface area (Å²) >= 11 is 7.49. The maximum absolute atomic E-state index is 13.6. The van der Waals surface area contributed by atoms with Crippen LogP contribution >= 0.6 is 22.9 Å². The van der Waals surface area contributed by atoms with Gasteiger partial charge in [0.25, 0.3) is 5.91 Å². The number of hydrogen-bond acceptors (Lipinski definition) is 4. The number of nitrogens with two attached hydrogens (primary N) is 1. The minimum absolute atomic E-state index is 0.266. The molecule has 4 nitrogen and oxygen atoms in total. The Bertz CT molecular complexity index is 1810. The number of pyridine rings is 1. The highest BCUT2D eigenvalue weighted by atomic mass is 35.5. The molecule has 6 aromatic rings. The van der Waals surface area contributed by atoms with Crippen LogP contribution in [0.3, 0.4) is 0 Å². The summed E-state index contributed by atoms with van der Waals surface area (Å²) in [4.78, 5) is 19.7. The molecule has 0 bridgehead atoms. The monoisotopic (exact) mass is 545 g/mol. The molecule has 0 atom stereocenters. The van der Waals surface area contributed by atoms with E-state index in [-0.39, 0.29) is 5.91 Å². The fraction of sp³-hybridized carbons (Fsp3) is 0.0303. The van der Waals surface area contributed by atoms with Crippen LogP contribution in [0.2, 0.25) is 5.02 Å². The number of para-hydroxylation sites is 1. The zero-order chi connectivity index (χ0) is 26.9. The first-order valence-corrected chi connectivity index (χ1v) is 13.7. The molecule has 2 heterocycles. The smallest absolute Gasteiger partial charge is 0.267 e. The zero-order valence-electron chi connectivity index (χ0n) is 21.1. The molecule has 39 heavy (non-hydrogen) atoms. The summed E-state index contributed by atoms with van der Waals surface area (Å²) in [6.07, 6.45) is 0. The predicted molar refractivity (Wildman–Crippen MR) is 164 cm³/mol. The number of nitrogens with one attached hydrogen (secondary N) is 1. The molecule has 0 radical (unpaired) electrons. The van der Waals surface area contributed by atoms with E-state index in [1.165, 1.54) is 16.9 Å². The van der Waals surface area contributed by atoms with E-state index in [4.69, 9.17) is 22.3 Å². The van der Waals surface area contributed by atoms with Gasteiger partial charge in [-0.1, -0.05) is 102 Å². The third-order valence-corrected chi connectivity index (χ3v) is 8.02. The van der Waals surface area contributed by atoms with Gasteiger partial charge in [0.15, 0.2) is 0 Å². The third kappa shape index (κ3) is 4.90. The van der Waals surface area contributed by atoms with E-state index in [1.807, 2.05) is 84.9 Å². The van der Waals surface area contributed by atoms with Crippen LogP contribution < -0.4 is 11.1 Å². The van der Waals surface area contributed by atoms with Crippen LogP contribution in [0.25, 0.3) is 43.7 Å². The van der Waals surface area contributed by atoms with Crippen LogP contribution in [0.15, 0.2) is 109 Å². The normalized spacial score (nSPS) is 11.0. The SMILES string of the molecule is Cc1ccc(-c2cc(-c3ccc(Cl)cc3)c3c(N)c(C(=O)Nc4ccccc4-c4ccccc4)sc3n2)cc1. The molecule has 2 aromatic heterocycles. The molecule has 0 unspecified atom stereocenters. The standard InChI is InChI=1S/C33H24ClN3OS/c1-20-11-13-23(14-12-20)28-19-26(22-15-17-24(34)18-16-22)29-30(35)31(39-33(29)37-28)32(38)36-27-10-6-5-9-25(27)21-7-3-2-4-8-21/h2-19H,35H2,1H3,(H,36,38). The summed E-state index contributed by atoms with van der Waals surface area (Å²) in [5.41, 5.74) is 14.6. The van der Waals surface area contributed by atoms with Gasteiger partial charge in [-0.2, -0.15) is 0 Å². The van der Waals surface area contributed by atoms with Gasteiger partial charge in [0, 0.05) is 27.2 Å². The number of carbonyl (C=O) groups is 1. The van der Waals surface area contributed by atoms with Crippen LogP contribution in [0, 0.1) is 6.92 Å². The Balaban J connectivity index is 1.47. The molecule has 0 fully saturated rings. The van der Waals surface area contributed by atoms with E-state index < -0.39 is 0 Å². The molecule has 6 heteroatoms. The van der Waals surface area contributed by atoms with Crippen molar-refractivity contribution in [2.45, 2.75) is 6.92 Å². The zero-order valence-corrected chi connectivity index (χ0v) is 22.7. The second-order valence-electron chi connectivity index (χ2n) is 9.32. The Kier molecular flexibility index (Phi) is 6.61. The molecular weight excluding hydrogens is 522 g/mol. The highest BCUT2D eigenvalue weighted by molar-refractivity contribution is 7.21. The number of hydrogen-bond donors (Lipinski definition) is 2. The largest absolute Gasteiger partial charge is 0.397 e. The van der Waals surface area contributed by atoms with Gasteiger partial charge in [-0.25, -0.2) is 4.98 Å². The number of fused-ring (bicyclic) bond motifs is 1. The topological polar surface area (TPSA) is 68.0 Å². The molecule has 0 aliphatic carbocycles. The summed E-state index contributed by atoms with van der Waals surface area (Å²) in [6, 6.07) is 35.6. The van der Waals surface area contributed by atoms with Crippen molar-refractivity contribution in [3.05, 3.63) is 125 Å². The van der Waals surface area contributed by atoms with E-state index in [0.29, 0.717) is 20.4 Å². The molecule has 0 aliphatic rings. The molecule has 0 saturated carbocycles. The van der Waals surface area contributed by atoms with Crippen molar-refractivity contribution in [2.75, 3.05) is 11.1 Å². The number of thiophene rings is 1. The van der Waals surface area contributed by atoms with Gasteiger partial charge in [-0.15, -0.1) is 11.3 Å². The number of nitrogens with zero attached hydrogens (tertiary/aromatic N) is 1. The number of anilines is 2. The number of aromatic nitrogens is 1. The number of aryl methyl sites for hydroxylation is 1. The quantitative estimate of drug-likeness (QED) is 0.227. The van der Waals surface area contributed by atoms with E-state index in [1.54, 1.807) is 0 Å². The summed E-state index contributed by atoms with van der Waals surface area (Å²) in [5, 5.41) is 4.51. The van der Waals surface area contributed by atoms with Crippen molar-refractivity contribution in [3.8, 4) is 33.5 Å². The Hall–Kier alpha value is -4.45. The highest BCUT2D eigenvalue weighted by Gasteiger charge is 2.22. The summed E-state index contributed by atoms with van der Waals surface area (Å²) < 4.78 is 0. The Morgan fingerprint density at radius 2 is 1.44 bits per heavy atom. The summed E-state index contributed by atoms with van der Waals surface area (Å²) in [7, 11) is 0. The van der Waals surface area contributed by atoms with E-state index in [0.717, 1.165) is 44.6 Å². The lowest BCUT2D eigenvalue weighted by Gasteiger charge is -2.11. The molecule has 0 aliphatic heterocycles. The molecule has 0 saturated heterocycles. The van der Waals surface area contributed by atoms with Gasteiger partial charge in [0.2, 0.25) is 0 Å². The number of carbonyl (C=O) groups excluding carboxylic acids is 1. The number of amides is 1. The Labute approximate surface area is 235 Å². The Morgan fingerprint density at radius 1 is 0.795 bits per heavy atom. The van der Waals surface area contributed by atoms with Crippen LogP contribution in [0.1, 0.15) is 15.2 Å². The van der Waals surface area contributed by atoms with Crippen LogP contribution in [0.5, 0.6) is 0 Å². The molecule has 6 rings (SSSR count). The van der Waals surface area contributed by atoms with E-state index >= 15 is 0 Å². The predicted octanol–water partition coefficient (Wildman–Crippen LogP) is 9.09. The number of halogens is 1. The average Bonchev–Trinajstić information content (AvgIpc) is 3.30. The minimum Gasteiger partial charge on any atom is -0.397 e. The Morgan fingerprint density at radius 3 is 2.18 bits per heavy atom. The van der Waals surface area contributed by atoms with E-state index in [9.17, 15) is 4.79 Å². The molecular formula is C33H24ClN3OS. The second-order valence-corrected chi connectivity index (χ2v) is 10.8. The average molecular weight is 546 g/mol. The van der Waals surface area contributed by atoms with Crippen LogP contribution in [0.4, 0.5) is 11.4 Å². The maximum atomic E-state index is 13.6. The van der Waals surface area contributed by atoms with Crippen LogP contribution in [-0.2, 0) is 0 Å². The van der Waals surface area contributed by atoms with Gasteiger partial charge < -0.3 is 11.1 Å².